The second kappa shape index (κ2) is 4.23. The van der Waals surface area contributed by atoms with Crippen molar-refractivity contribution in [2.24, 2.45) is 7.05 Å². The Morgan fingerprint density at radius 1 is 1.40 bits per heavy atom. The molecule has 1 aliphatic rings. The smallest absolute Gasteiger partial charge is 0.0728 e. The van der Waals surface area contributed by atoms with E-state index in [0.717, 1.165) is 18.5 Å². The summed E-state index contributed by atoms with van der Waals surface area (Å²) in [7, 11) is 1.93. The predicted octanol–water partition coefficient (Wildman–Crippen LogP) is 1.79. The number of rotatable bonds is 2. The van der Waals surface area contributed by atoms with Gasteiger partial charge in [-0.1, -0.05) is 0 Å². The minimum atomic E-state index is 0.350. The number of nitrogens with zero attached hydrogens (tertiary/aromatic N) is 2. The van der Waals surface area contributed by atoms with Gasteiger partial charge >= 0.3 is 0 Å². The first-order valence-corrected chi connectivity index (χ1v) is 5.54. The Morgan fingerprint density at radius 2 is 2.07 bits per heavy atom. The van der Waals surface area contributed by atoms with E-state index in [0.29, 0.717) is 18.2 Å². The Bertz CT molecular complexity index is 313. The highest BCUT2D eigenvalue weighted by atomic mass is 16.5. The second-order valence-corrected chi connectivity index (χ2v) is 4.47. The van der Waals surface area contributed by atoms with Crippen LogP contribution in [0.15, 0.2) is 12.4 Å². The third-order valence-electron chi connectivity index (χ3n) is 2.77. The quantitative estimate of drug-likeness (QED) is 0.807. The van der Waals surface area contributed by atoms with Crippen LogP contribution in [0.1, 0.15) is 26.7 Å². The molecule has 1 fully saturated rings. The third-order valence-corrected chi connectivity index (χ3v) is 2.77. The van der Waals surface area contributed by atoms with Gasteiger partial charge < -0.3 is 10.1 Å². The molecule has 0 aromatic carbocycles. The molecule has 0 bridgehead atoms. The number of anilines is 1. The summed E-state index contributed by atoms with van der Waals surface area (Å²) in [6.45, 7) is 4.27. The van der Waals surface area contributed by atoms with E-state index in [2.05, 4.69) is 24.3 Å². The van der Waals surface area contributed by atoms with Crippen molar-refractivity contribution < 1.29 is 4.74 Å². The fourth-order valence-electron chi connectivity index (χ4n) is 2.25. The summed E-state index contributed by atoms with van der Waals surface area (Å²) in [6.07, 6.45) is 6.71. The van der Waals surface area contributed by atoms with Gasteiger partial charge in [0, 0.05) is 19.3 Å². The fourth-order valence-corrected chi connectivity index (χ4v) is 2.25. The molecular formula is C11H19N3O. The van der Waals surface area contributed by atoms with Crippen molar-refractivity contribution in [2.45, 2.75) is 44.9 Å². The molecule has 0 saturated carbocycles. The van der Waals surface area contributed by atoms with Gasteiger partial charge in [0.2, 0.25) is 0 Å². The van der Waals surface area contributed by atoms with Crippen molar-refractivity contribution >= 4 is 5.69 Å². The van der Waals surface area contributed by atoms with Crippen molar-refractivity contribution in [1.29, 1.82) is 0 Å². The van der Waals surface area contributed by atoms with E-state index < -0.39 is 0 Å². The van der Waals surface area contributed by atoms with Gasteiger partial charge in [0.25, 0.3) is 0 Å². The summed E-state index contributed by atoms with van der Waals surface area (Å²) < 4.78 is 7.51. The lowest BCUT2D eigenvalue weighted by Gasteiger charge is -2.32. The van der Waals surface area contributed by atoms with Crippen molar-refractivity contribution in [3.63, 3.8) is 0 Å². The van der Waals surface area contributed by atoms with E-state index in [1.807, 2.05) is 24.1 Å². The summed E-state index contributed by atoms with van der Waals surface area (Å²) in [5.74, 6) is 0. The standard InChI is InChI=1S/C11H19N3O/c1-8-4-10(5-9(2)15-8)13-11-6-12-14(3)7-11/h6-10,13H,4-5H2,1-3H3/t8-,9-/m1/s1. The first-order valence-electron chi connectivity index (χ1n) is 5.54. The highest BCUT2D eigenvalue weighted by Gasteiger charge is 2.24. The monoisotopic (exact) mass is 209 g/mol. The van der Waals surface area contributed by atoms with Crippen molar-refractivity contribution in [3.05, 3.63) is 12.4 Å². The molecule has 1 aromatic rings. The van der Waals surface area contributed by atoms with E-state index in [9.17, 15) is 0 Å². The molecule has 0 radical (unpaired) electrons. The molecule has 1 saturated heterocycles. The number of hydrogen-bond donors (Lipinski definition) is 1. The summed E-state index contributed by atoms with van der Waals surface area (Å²) in [5, 5.41) is 7.64. The molecule has 84 valence electrons. The molecule has 2 heterocycles. The molecule has 0 amide bonds. The fraction of sp³-hybridized carbons (Fsp3) is 0.727. The maximum absolute atomic E-state index is 5.70. The molecule has 0 aliphatic carbocycles. The highest BCUT2D eigenvalue weighted by Crippen LogP contribution is 2.22. The molecule has 1 aromatic heterocycles. The molecule has 2 rings (SSSR count). The number of ether oxygens (including phenoxy) is 1. The van der Waals surface area contributed by atoms with E-state index >= 15 is 0 Å². The van der Waals surface area contributed by atoms with Crippen LogP contribution in [0, 0.1) is 0 Å². The van der Waals surface area contributed by atoms with Crippen LogP contribution in [0.4, 0.5) is 5.69 Å². The average molecular weight is 209 g/mol. The van der Waals surface area contributed by atoms with Crippen LogP contribution in [-0.2, 0) is 11.8 Å². The number of nitrogens with one attached hydrogen (secondary N) is 1. The Kier molecular flexibility index (Phi) is 2.95. The highest BCUT2D eigenvalue weighted by molar-refractivity contribution is 5.39. The third kappa shape index (κ3) is 2.72. The van der Waals surface area contributed by atoms with Crippen LogP contribution >= 0.6 is 0 Å². The van der Waals surface area contributed by atoms with Crippen LogP contribution in [0.5, 0.6) is 0 Å². The Balaban J connectivity index is 1.94. The number of hydrogen-bond acceptors (Lipinski definition) is 3. The van der Waals surface area contributed by atoms with E-state index in [-0.39, 0.29) is 0 Å². The van der Waals surface area contributed by atoms with Gasteiger partial charge in [-0.25, -0.2) is 0 Å². The van der Waals surface area contributed by atoms with Crippen LogP contribution < -0.4 is 5.32 Å². The van der Waals surface area contributed by atoms with Crippen LogP contribution in [0.2, 0.25) is 0 Å². The summed E-state index contributed by atoms with van der Waals surface area (Å²) in [5.41, 5.74) is 1.10. The zero-order valence-corrected chi connectivity index (χ0v) is 9.60. The Labute approximate surface area is 90.6 Å². The first kappa shape index (κ1) is 10.5. The molecule has 15 heavy (non-hydrogen) atoms. The molecule has 1 aliphatic heterocycles. The molecule has 0 spiro atoms. The number of aryl methyl sites for hydroxylation is 1. The van der Waals surface area contributed by atoms with Gasteiger partial charge in [-0.05, 0) is 26.7 Å². The SMILES string of the molecule is C[C@@H]1CC(Nc2cnn(C)c2)C[C@@H](C)O1. The molecule has 1 N–H and O–H groups in total. The minimum Gasteiger partial charge on any atom is -0.380 e. The predicted molar refractivity (Wildman–Crippen MR) is 59.9 cm³/mol. The lowest BCUT2D eigenvalue weighted by Crippen LogP contribution is -2.36. The van der Waals surface area contributed by atoms with Crippen LogP contribution in [0.3, 0.4) is 0 Å². The van der Waals surface area contributed by atoms with Crippen molar-refractivity contribution in [1.82, 2.24) is 9.78 Å². The van der Waals surface area contributed by atoms with Gasteiger partial charge in [0.15, 0.2) is 0 Å². The first-order chi connectivity index (χ1) is 7.13. The summed E-state index contributed by atoms with van der Waals surface area (Å²) in [6, 6.07) is 0.507. The molecule has 4 nitrogen and oxygen atoms in total. The van der Waals surface area contributed by atoms with Crippen LogP contribution in [-0.4, -0.2) is 28.0 Å². The average Bonchev–Trinajstić information content (AvgIpc) is 2.49. The largest absolute Gasteiger partial charge is 0.380 e. The summed E-state index contributed by atoms with van der Waals surface area (Å²) >= 11 is 0. The van der Waals surface area contributed by atoms with E-state index in [1.165, 1.54) is 0 Å². The molecule has 4 heteroatoms. The molecule has 2 atom stereocenters. The van der Waals surface area contributed by atoms with E-state index in [4.69, 9.17) is 4.74 Å². The normalized spacial score (nSPS) is 31.5. The zero-order chi connectivity index (χ0) is 10.8. The Hall–Kier alpha value is -1.03. The lowest BCUT2D eigenvalue weighted by atomic mass is 10.00. The van der Waals surface area contributed by atoms with Gasteiger partial charge in [-0.15, -0.1) is 0 Å². The van der Waals surface area contributed by atoms with E-state index in [1.54, 1.807) is 0 Å². The summed E-state index contributed by atoms with van der Waals surface area (Å²) in [4.78, 5) is 0. The van der Waals surface area contributed by atoms with Gasteiger partial charge in [-0.2, -0.15) is 5.10 Å². The van der Waals surface area contributed by atoms with Crippen molar-refractivity contribution in [2.75, 3.05) is 5.32 Å². The van der Waals surface area contributed by atoms with Gasteiger partial charge in [-0.3, -0.25) is 4.68 Å². The maximum atomic E-state index is 5.70. The second-order valence-electron chi connectivity index (χ2n) is 4.47. The molecular weight excluding hydrogens is 190 g/mol. The topological polar surface area (TPSA) is 39.1 Å². The van der Waals surface area contributed by atoms with Crippen molar-refractivity contribution in [3.8, 4) is 0 Å². The van der Waals surface area contributed by atoms with Gasteiger partial charge in [0.05, 0.1) is 24.1 Å². The van der Waals surface area contributed by atoms with Gasteiger partial charge in [0.1, 0.15) is 0 Å². The minimum absolute atomic E-state index is 0.350. The number of aromatic nitrogens is 2. The van der Waals surface area contributed by atoms with Crippen LogP contribution in [0.25, 0.3) is 0 Å². The molecule has 0 unspecified atom stereocenters. The lowest BCUT2D eigenvalue weighted by molar-refractivity contribution is -0.0337. The Morgan fingerprint density at radius 3 is 2.60 bits per heavy atom. The zero-order valence-electron chi connectivity index (χ0n) is 9.60. The maximum Gasteiger partial charge on any atom is 0.0728 e.